The first-order valence-electron chi connectivity index (χ1n) is 6.34. The van der Waals surface area contributed by atoms with Gasteiger partial charge in [-0.25, -0.2) is 0 Å². The van der Waals surface area contributed by atoms with Crippen molar-refractivity contribution in [2.75, 3.05) is 33.7 Å². The number of aromatic nitrogens is 1. The molecular formula is C13H19ClN4O. The van der Waals surface area contributed by atoms with Crippen LogP contribution in [0.4, 0.5) is 0 Å². The quantitative estimate of drug-likeness (QED) is 0.882. The molecule has 5 nitrogen and oxygen atoms in total. The van der Waals surface area contributed by atoms with Crippen molar-refractivity contribution in [1.82, 2.24) is 20.1 Å². The first-order valence-corrected chi connectivity index (χ1v) is 6.71. The normalized spacial score (nSPS) is 20.3. The molecule has 104 valence electrons. The third kappa shape index (κ3) is 3.43. The van der Waals surface area contributed by atoms with Gasteiger partial charge >= 0.3 is 0 Å². The van der Waals surface area contributed by atoms with Gasteiger partial charge in [-0.15, -0.1) is 0 Å². The second-order valence-corrected chi connectivity index (χ2v) is 5.30. The number of pyridine rings is 1. The molecule has 0 aliphatic carbocycles. The minimum Gasteiger partial charge on any atom is -0.347 e. The van der Waals surface area contributed by atoms with Crippen LogP contribution in [0, 0.1) is 0 Å². The summed E-state index contributed by atoms with van der Waals surface area (Å²) < 4.78 is 0. The van der Waals surface area contributed by atoms with Gasteiger partial charge < -0.3 is 10.2 Å². The summed E-state index contributed by atoms with van der Waals surface area (Å²) in [6.07, 6.45) is 3.37. The van der Waals surface area contributed by atoms with Crippen LogP contribution < -0.4 is 5.32 Å². The van der Waals surface area contributed by atoms with E-state index in [2.05, 4.69) is 15.2 Å². The molecule has 1 aromatic rings. The Kier molecular flexibility index (Phi) is 4.74. The fourth-order valence-electron chi connectivity index (χ4n) is 2.23. The van der Waals surface area contributed by atoms with E-state index in [0.29, 0.717) is 18.1 Å². The van der Waals surface area contributed by atoms with E-state index in [9.17, 15) is 4.79 Å². The molecule has 6 heteroatoms. The summed E-state index contributed by atoms with van der Waals surface area (Å²) in [5.41, 5.74) is 1.01. The number of piperazine rings is 1. The molecule has 19 heavy (non-hydrogen) atoms. The molecule has 1 atom stereocenters. The summed E-state index contributed by atoms with van der Waals surface area (Å²) in [6.45, 7) is 3.08. The van der Waals surface area contributed by atoms with Crippen molar-refractivity contribution in [3.05, 3.63) is 29.0 Å². The van der Waals surface area contributed by atoms with Gasteiger partial charge in [-0.2, -0.15) is 0 Å². The Hall–Kier alpha value is -1.17. The largest absolute Gasteiger partial charge is 0.347 e. The molecule has 1 fully saturated rings. The predicted octanol–water partition coefficient (Wildman–Crippen LogP) is 0.597. The summed E-state index contributed by atoms with van der Waals surface area (Å²) in [5.74, 6) is 0.123. The minimum absolute atomic E-state index is 0.123. The van der Waals surface area contributed by atoms with E-state index in [1.54, 1.807) is 31.4 Å². The molecule has 1 aliphatic rings. The Bertz CT molecular complexity index is 452. The first kappa shape index (κ1) is 14.2. The fourth-order valence-corrected chi connectivity index (χ4v) is 2.41. The topological polar surface area (TPSA) is 48.5 Å². The van der Waals surface area contributed by atoms with E-state index in [1.807, 2.05) is 6.07 Å². The number of hydrogen-bond acceptors (Lipinski definition) is 4. The smallest absolute Gasteiger partial charge is 0.240 e. The van der Waals surface area contributed by atoms with E-state index in [0.717, 1.165) is 18.7 Å². The molecule has 1 amide bonds. The van der Waals surface area contributed by atoms with Gasteiger partial charge in [-0.05, 0) is 11.6 Å². The van der Waals surface area contributed by atoms with Crippen molar-refractivity contribution in [2.24, 2.45) is 0 Å². The van der Waals surface area contributed by atoms with Gasteiger partial charge in [0.1, 0.15) is 6.04 Å². The van der Waals surface area contributed by atoms with Crippen molar-refractivity contribution in [3.8, 4) is 0 Å². The second-order valence-electron chi connectivity index (χ2n) is 4.89. The van der Waals surface area contributed by atoms with Crippen LogP contribution in [0.15, 0.2) is 18.5 Å². The lowest BCUT2D eigenvalue weighted by Gasteiger charge is -2.36. The Morgan fingerprint density at radius 2 is 2.42 bits per heavy atom. The number of carbonyl (C=O) groups excluding carboxylic acids is 1. The molecule has 1 N–H and O–H groups in total. The van der Waals surface area contributed by atoms with E-state index < -0.39 is 0 Å². The highest BCUT2D eigenvalue weighted by Crippen LogP contribution is 2.18. The molecule has 0 saturated carbocycles. The van der Waals surface area contributed by atoms with Gasteiger partial charge in [-0.3, -0.25) is 14.7 Å². The highest BCUT2D eigenvalue weighted by Gasteiger charge is 2.29. The lowest BCUT2D eigenvalue weighted by Crippen LogP contribution is -2.57. The maximum absolute atomic E-state index is 12.2. The van der Waals surface area contributed by atoms with Crippen LogP contribution in [0.3, 0.4) is 0 Å². The Labute approximate surface area is 118 Å². The fraction of sp³-hybridized carbons (Fsp3) is 0.538. The molecular weight excluding hydrogens is 264 g/mol. The minimum atomic E-state index is -0.131. The van der Waals surface area contributed by atoms with Gasteiger partial charge in [0, 0.05) is 52.7 Å². The number of rotatable bonds is 3. The second kappa shape index (κ2) is 6.32. The van der Waals surface area contributed by atoms with Gasteiger partial charge in [0.05, 0.1) is 5.02 Å². The third-order valence-electron chi connectivity index (χ3n) is 3.31. The zero-order chi connectivity index (χ0) is 13.8. The van der Waals surface area contributed by atoms with Crippen LogP contribution in [-0.2, 0) is 11.3 Å². The molecule has 0 radical (unpaired) electrons. The first-order chi connectivity index (χ1) is 9.09. The van der Waals surface area contributed by atoms with E-state index in [-0.39, 0.29) is 11.9 Å². The molecule has 1 saturated heterocycles. The summed E-state index contributed by atoms with van der Waals surface area (Å²) in [5, 5.41) is 3.92. The third-order valence-corrected chi connectivity index (χ3v) is 3.65. The van der Waals surface area contributed by atoms with Gasteiger partial charge in [0.15, 0.2) is 0 Å². The average Bonchev–Trinajstić information content (AvgIpc) is 2.41. The molecule has 2 heterocycles. The number of likely N-dealkylation sites (N-methyl/N-ethyl adjacent to an activating group) is 1. The van der Waals surface area contributed by atoms with E-state index in [4.69, 9.17) is 11.6 Å². The molecule has 2 rings (SSSR count). The van der Waals surface area contributed by atoms with Crippen molar-refractivity contribution < 1.29 is 4.79 Å². The number of nitrogens with one attached hydrogen (secondary N) is 1. The van der Waals surface area contributed by atoms with Crippen LogP contribution in [0.5, 0.6) is 0 Å². The van der Waals surface area contributed by atoms with Crippen LogP contribution in [0.2, 0.25) is 5.02 Å². The van der Waals surface area contributed by atoms with Crippen LogP contribution in [0.1, 0.15) is 5.56 Å². The Morgan fingerprint density at radius 1 is 1.63 bits per heavy atom. The summed E-state index contributed by atoms with van der Waals surface area (Å²) in [7, 11) is 3.57. The Morgan fingerprint density at radius 3 is 3.11 bits per heavy atom. The molecule has 0 spiro atoms. The van der Waals surface area contributed by atoms with Crippen LogP contribution >= 0.6 is 11.6 Å². The highest BCUT2D eigenvalue weighted by atomic mass is 35.5. The van der Waals surface area contributed by atoms with E-state index in [1.165, 1.54) is 0 Å². The van der Waals surface area contributed by atoms with Gasteiger partial charge in [0.2, 0.25) is 5.91 Å². The molecule has 1 unspecified atom stereocenters. The van der Waals surface area contributed by atoms with Gasteiger partial charge in [-0.1, -0.05) is 11.6 Å². The zero-order valence-corrected chi connectivity index (χ0v) is 12.0. The summed E-state index contributed by atoms with van der Waals surface area (Å²) in [6, 6.07) is 1.77. The summed E-state index contributed by atoms with van der Waals surface area (Å²) >= 11 is 6.13. The highest BCUT2D eigenvalue weighted by molar-refractivity contribution is 6.31. The van der Waals surface area contributed by atoms with Crippen molar-refractivity contribution in [2.45, 2.75) is 12.6 Å². The molecule has 1 aliphatic heterocycles. The lowest BCUT2D eigenvalue weighted by molar-refractivity contribution is -0.135. The van der Waals surface area contributed by atoms with Crippen molar-refractivity contribution in [1.29, 1.82) is 0 Å². The number of amides is 1. The number of carbonyl (C=O) groups is 1. The van der Waals surface area contributed by atoms with Crippen LogP contribution in [-0.4, -0.2) is 60.5 Å². The standard InChI is InChI=1S/C13H19ClN4O/c1-17(2)13(19)12-8-16-5-6-18(12)9-10-3-4-15-7-11(10)14/h3-4,7,12,16H,5-6,8-9H2,1-2H3. The van der Waals surface area contributed by atoms with Crippen LogP contribution in [0.25, 0.3) is 0 Å². The van der Waals surface area contributed by atoms with E-state index >= 15 is 0 Å². The SMILES string of the molecule is CN(C)C(=O)C1CNCCN1Cc1ccncc1Cl. The maximum Gasteiger partial charge on any atom is 0.240 e. The predicted molar refractivity (Wildman–Crippen MR) is 75.0 cm³/mol. The maximum atomic E-state index is 12.2. The number of hydrogen-bond donors (Lipinski definition) is 1. The lowest BCUT2D eigenvalue weighted by atomic mass is 10.1. The Balaban J connectivity index is 2.12. The number of nitrogens with zero attached hydrogens (tertiary/aromatic N) is 3. The zero-order valence-electron chi connectivity index (χ0n) is 11.3. The van der Waals surface area contributed by atoms with Crippen molar-refractivity contribution in [3.63, 3.8) is 0 Å². The number of halogens is 1. The molecule has 1 aromatic heterocycles. The van der Waals surface area contributed by atoms with Gasteiger partial charge in [0.25, 0.3) is 0 Å². The molecule has 0 aromatic carbocycles. The monoisotopic (exact) mass is 282 g/mol. The summed E-state index contributed by atoms with van der Waals surface area (Å²) in [4.78, 5) is 20.0. The van der Waals surface area contributed by atoms with Crippen molar-refractivity contribution >= 4 is 17.5 Å². The average molecular weight is 283 g/mol. The molecule has 0 bridgehead atoms.